The largest absolute Gasteiger partial charge is 0.354 e. The van der Waals surface area contributed by atoms with Gasteiger partial charge in [-0.1, -0.05) is 44.4 Å². The first-order valence-electron chi connectivity index (χ1n) is 9.42. The van der Waals surface area contributed by atoms with Crippen molar-refractivity contribution in [1.82, 2.24) is 15.0 Å². The first-order valence-corrected chi connectivity index (χ1v) is 9.42. The van der Waals surface area contributed by atoms with Crippen molar-refractivity contribution in [2.75, 3.05) is 17.2 Å². The molecular formula is C21H23F2N5. The van der Waals surface area contributed by atoms with E-state index in [-0.39, 0.29) is 17.6 Å². The zero-order chi connectivity index (χ0) is 19.8. The van der Waals surface area contributed by atoms with E-state index in [2.05, 4.69) is 32.5 Å². The van der Waals surface area contributed by atoms with Crippen molar-refractivity contribution in [2.24, 2.45) is 0 Å². The first-order chi connectivity index (χ1) is 13.6. The summed E-state index contributed by atoms with van der Waals surface area (Å²) in [5.41, 5.74) is 1.06. The maximum absolute atomic E-state index is 13.6. The van der Waals surface area contributed by atoms with Crippen molar-refractivity contribution in [3.05, 3.63) is 60.2 Å². The van der Waals surface area contributed by atoms with Gasteiger partial charge in [0.2, 0.25) is 11.9 Å². The summed E-state index contributed by atoms with van der Waals surface area (Å²) < 4.78 is 27.1. The molecule has 0 radical (unpaired) electrons. The number of anilines is 3. The summed E-state index contributed by atoms with van der Waals surface area (Å²) in [6, 6.07) is 12.1. The van der Waals surface area contributed by atoms with Gasteiger partial charge >= 0.3 is 0 Å². The van der Waals surface area contributed by atoms with Crippen LogP contribution in [0.15, 0.2) is 48.5 Å². The number of rotatable bonds is 9. The summed E-state index contributed by atoms with van der Waals surface area (Å²) in [5.74, 6) is 0.260. The van der Waals surface area contributed by atoms with Crippen molar-refractivity contribution < 1.29 is 8.78 Å². The number of halogens is 2. The highest BCUT2D eigenvalue weighted by atomic mass is 19.1. The Hall–Kier alpha value is -3.09. The zero-order valence-corrected chi connectivity index (χ0v) is 15.8. The van der Waals surface area contributed by atoms with Gasteiger partial charge in [0, 0.05) is 17.8 Å². The Labute approximate surface area is 163 Å². The molecule has 0 unspecified atom stereocenters. The van der Waals surface area contributed by atoms with E-state index < -0.39 is 0 Å². The standard InChI is InChI=1S/C21H23F2N5/c1-2-3-4-5-12-24-20-26-19(15-8-6-9-16(22)13-15)27-21(28-20)25-18-11-7-10-17(23)14-18/h6-11,13-14H,2-5,12H2,1H3,(H2,24,25,26,27,28). The van der Waals surface area contributed by atoms with Crippen molar-refractivity contribution in [3.63, 3.8) is 0 Å². The summed E-state index contributed by atoms with van der Waals surface area (Å²) in [6.45, 7) is 2.89. The molecule has 2 N–H and O–H groups in total. The van der Waals surface area contributed by atoms with E-state index in [4.69, 9.17) is 0 Å². The Kier molecular flexibility index (Phi) is 6.84. The van der Waals surface area contributed by atoms with Crippen molar-refractivity contribution >= 4 is 17.6 Å². The minimum atomic E-state index is -0.369. The average molecular weight is 383 g/mol. The van der Waals surface area contributed by atoms with Crippen LogP contribution in [0.25, 0.3) is 11.4 Å². The smallest absolute Gasteiger partial charge is 0.232 e. The Morgan fingerprint density at radius 3 is 2.32 bits per heavy atom. The number of aromatic nitrogens is 3. The zero-order valence-electron chi connectivity index (χ0n) is 15.8. The molecule has 146 valence electrons. The van der Waals surface area contributed by atoms with Crippen molar-refractivity contribution in [1.29, 1.82) is 0 Å². The van der Waals surface area contributed by atoms with Crippen LogP contribution in [0.5, 0.6) is 0 Å². The molecular weight excluding hydrogens is 360 g/mol. The van der Waals surface area contributed by atoms with Gasteiger partial charge in [0.05, 0.1) is 0 Å². The van der Waals surface area contributed by atoms with E-state index in [1.54, 1.807) is 24.3 Å². The summed E-state index contributed by atoms with van der Waals surface area (Å²) in [5, 5.41) is 6.18. The predicted molar refractivity (Wildman–Crippen MR) is 108 cm³/mol. The van der Waals surface area contributed by atoms with Gasteiger partial charge in [-0.3, -0.25) is 0 Å². The monoisotopic (exact) mass is 383 g/mol. The van der Waals surface area contributed by atoms with Crippen molar-refractivity contribution in [3.8, 4) is 11.4 Å². The molecule has 0 aliphatic rings. The van der Waals surface area contributed by atoms with Gasteiger partial charge < -0.3 is 10.6 Å². The van der Waals surface area contributed by atoms with Crippen LogP contribution in [0.1, 0.15) is 32.6 Å². The molecule has 0 atom stereocenters. The third-order valence-electron chi connectivity index (χ3n) is 4.11. The lowest BCUT2D eigenvalue weighted by molar-refractivity contribution is 0.627. The molecule has 0 spiro atoms. The normalized spacial score (nSPS) is 10.7. The molecule has 0 saturated heterocycles. The summed E-state index contributed by atoms with van der Waals surface area (Å²) in [7, 11) is 0. The Morgan fingerprint density at radius 1 is 0.821 bits per heavy atom. The van der Waals surface area contributed by atoms with E-state index in [0.717, 1.165) is 25.8 Å². The molecule has 3 rings (SSSR count). The van der Waals surface area contributed by atoms with Gasteiger partial charge in [-0.25, -0.2) is 8.78 Å². The minimum Gasteiger partial charge on any atom is -0.354 e. The molecule has 0 aliphatic carbocycles. The molecule has 28 heavy (non-hydrogen) atoms. The van der Waals surface area contributed by atoms with Crippen LogP contribution in [0.3, 0.4) is 0 Å². The summed E-state index contributed by atoms with van der Waals surface area (Å²) >= 11 is 0. The van der Waals surface area contributed by atoms with Crippen LogP contribution >= 0.6 is 0 Å². The second kappa shape index (κ2) is 9.73. The fourth-order valence-electron chi connectivity index (χ4n) is 2.71. The van der Waals surface area contributed by atoms with Crippen LogP contribution in [0.2, 0.25) is 0 Å². The number of nitrogens with one attached hydrogen (secondary N) is 2. The van der Waals surface area contributed by atoms with Crippen LogP contribution in [0, 0.1) is 11.6 Å². The van der Waals surface area contributed by atoms with Gasteiger partial charge in [-0.2, -0.15) is 15.0 Å². The maximum Gasteiger partial charge on any atom is 0.232 e. The molecule has 1 aromatic heterocycles. The van der Waals surface area contributed by atoms with Crippen molar-refractivity contribution in [2.45, 2.75) is 32.6 Å². The predicted octanol–water partition coefficient (Wildman–Crippen LogP) is 5.55. The average Bonchev–Trinajstić information content (AvgIpc) is 2.68. The lowest BCUT2D eigenvalue weighted by Gasteiger charge is -2.11. The molecule has 7 heteroatoms. The number of unbranched alkanes of at least 4 members (excludes halogenated alkanes) is 3. The Bertz CT molecular complexity index is 917. The highest BCUT2D eigenvalue weighted by Gasteiger charge is 2.10. The van der Waals surface area contributed by atoms with Crippen LogP contribution in [-0.4, -0.2) is 21.5 Å². The first kappa shape index (κ1) is 19.7. The quantitative estimate of drug-likeness (QED) is 0.474. The fraction of sp³-hybridized carbons (Fsp3) is 0.286. The molecule has 0 amide bonds. The van der Waals surface area contributed by atoms with Gasteiger partial charge in [0.1, 0.15) is 11.6 Å². The maximum atomic E-state index is 13.6. The van der Waals surface area contributed by atoms with Gasteiger partial charge in [0.15, 0.2) is 5.82 Å². The third kappa shape index (κ3) is 5.70. The van der Waals surface area contributed by atoms with E-state index in [1.165, 1.54) is 30.7 Å². The van der Waals surface area contributed by atoms with E-state index >= 15 is 0 Å². The molecule has 5 nitrogen and oxygen atoms in total. The molecule has 1 heterocycles. The van der Waals surface area contributed by atoms with Gasteiger partial charge in [0.25, 0.3) is 0 Å². The van der Waals surface area contributed by atoms with Gasteiger partial charge in [-0.15, -0.1) is 0 Å². The molecule has 0 saturated carbocycles. The lowest BCUT2D eigenvalue weighted by Crippen LogP contribution is -2.09. The molecule has 2 aromatic carbocycles. The van der Waals surface area contributed by atoms with Crippen LogP contribution in [0.4, 0.5) is 26.4 Å². The third-order valence-corrected chi connectivity index (χ3v) is 4.11. The Balaban J connectivity index is 1.85. The highest BCUT2D eigenvalue weighted by Crippen LogP contribution is 2.21. The molecule has 0 aliphatic heterocycles. The number of hydrogen-bond donors (Lipinski definition) is 2. The number of nitrogens with zero attached hydrogens (tertiary/aromatic N) is 3. The fourth-order valence-corrected chi connectivity index (χ4v) is 2.71. The summed E-state index contributed by atoms with van der Waals surface area (Å²) in [4.78, 5) is 13.1. The van der Waals surface area contributed by atoms with Gasteiger partial charge in [-0.05, 0) is 36.8 Å². The SMILES string of the molecule is CCCCCCNc1nc(Nc2cccc(F)c2)nc(-c2cccc(F)c2)n1. The molecule has 3 aromatic rings. The van der Waals surface area contributed by atoms with E-state index in [9.17, 15) is 8.78 Å². The van der Waals surface area contributed by atoms with Crippen LogP contribution in [-0.2, 0) is 0 Å². The Morgan fingerprint density at radius 2 is 1.57 bits per heavy atom. The molecule has 0 fully saturated rings. The summed E-state index contributed by atoms with van der Waals surface area (Å²) in [6.07, 6.45) is 4.47. The van der Waals surface area contributed by atoms with E-state index in [1.807, 2.05) is 0 Å². The number of hydrogen-bond acceptors (Lipinski definition) is 5. The minimum absolute atomic E-state index is 0.260. The lowest BCUT2D eigenvalue weighted by atomic mass is 10.2. The van der Waals surface area contributed by atoms with E-state index in [0.29, 0.717) is 23.0 Å². The topological polar surface area (TPSA) is 62.7 Å². The number of benzene rings is 2. The second-order valence-electron chi connectivity index (χ2n) is 6.44. The second-order valence-corrected chi connectivity index (χ2v) is 6.44. The molecule has 0 bridgehead atoms. The van der Waals surface area contributed by atoms with Crippen LogP contribution < -0.4 is 10.6 Å². The highest BCUT2D eigenvalue weighted by molar-refractivity contribution is 5.61.